The normalized spacial score (nSPS) is 35.8. The first-order chi connectivity index (χ1) is 8.35. The van der Waals surface area contributed by atoms with Gasteiger partial charge in [0.05, 0.1) is 0 Å². The second-order valence-electron chi connectivity index (χ2n) is 6.45. The molecule has 1 aliphatic carbocycles. The SMILES string of the molecule is CCC1NC(=O)C(C)N(C2CCC(C)(C)C2)C1=O. The van der Waals surface area contributed by atoms with Crippen molar-refractivity contribution in [2.75, 3.05) is 0 Å². The maximum Gasteiger partial charge on any atom is 0.246 e. The second kappa shape index (κ2) is 4.56. The highest BCUT2D eigenvalue weighted by Gasteiger charge is 2.44. The van der Waals surface area contributed by atoms with Gasteiger partial charge >= 0.3 is 0 Å². The lowest BCUT2D eigenvalue weighted by atomic mass is 9.91. The van der Waals surface area contributed by atoms with E-state index in [9.17, 15) is 9.59 Å². The lowest BCUT2D eigenvalue weighted by molar-refractivity contribution is -0.151. The fraction of sp³-hybridized carbons (Fsp3) is 0.857. The van der Waals surface area contributed by atoms with Gasteiger partial charge in [0.25, 0.3) is 0 Å². The van der Waals surface area contributed by atoms with Crippen molar-refractivity contribution in [1.82, 2.24) is 10.2 Å². The third-order valence-electron chi connectivity index (χ3n) is 4.41. The van der Waals surface area contributed by atoms with E-state index in [-0.39, 0.29) is 29.9 Å². The highest BCUT2D eigenvalue weighted by atomic mass is 16.2. The first-order valence-corrected chi connectivity index (χ1v) is 6.98. The van der Waals surface area contributed by atoms with E-state index in [2.05, 4.69) is 19.2 Å². The third kappa shape index (κ3) is 2.25. The lowest BCUT2D eigenvalue weighted by Gasteiger charge is -2.41. The molecule has 4 heteroatoms. The zero-order valence-corrected chi connectivity index (χ0v) is 11.8. The van der Waals surface area contributed by atoms with Crippen LogP contribution in [0, 0.1) is 5.41 Å². The fourth-order valence-electron chi connectivity index (χ4n) is 3.26. The van der Waals surface area contributed by atoms with Crippen molar-refractivity contribution in [2.45, 2.75) is 71.5 Å². The van der Waals surface area contributed by atoms with Crippen molar-refractivity contribution < 1.29 is 9.59 Å². The Labute approximate surface area is 109 Å². The Kier molecular flexibility index (Phi) is 3.39. The number of nitrogens with zero attached hydrogens (tertiary/aromatic N) is 1. The number of amides is 2. The van der Waals surface area contributed by atoms with Gasteiger partial charge in [-0.05, 0) is 38.0 Å². The van der Waals surface area contributed by atoms with Gasteiger partial charge in [0.1, 0.15) is 12.1 Å². The molecule has 0 aromatic carbocycles. The molecule has 0 bridgehead atoms. The molecule has 1 heterocycles. The highest BCUT2D eigenvalue weighted by molar-refractivity contribution is 5.96. The molecule has 3 unspecified atom stereocenters. The minimum absolute atomic E-state index is 0.00819. The Morgan fingerprint density at radius 3 is 2.56 bits per heavy atom. The number of rotatable bonds is 2. The molecule has 1 saturated carbocycles. The van der Waals surface area contributed by atoms with Gasteiger partial charge in [-0.3, -0.25) is 9.59 Å². The molecule has 2 fully saturated rings. The van der Waals surface area contributed by atoms with E-state index in [1.165, 1.54) is 0 Å². The summed E-state index contributed by atoms with van der Waals surface area (Å²) in [6.07, 6.45) is 3.83. The zero-order valence-electron chi connectivity index (χ0n) is 11.8. The first-order valence-electron chi connectivity index (χ1n) is 6.98. The standard InChI is InChI=1S/C14H24N2O2/c1-5-11-13(18)16(9(2)12(17)15-11)10-6-7-14(3,4)8-10/h9-11H,5-8H2,1-4H3,(H,15,17). The van der Waals surface area contributed by atoms with Gasteiger partial charge in [-0.1, -0.05) is 20.8 Å². The first kappa shape index (κ1) is 13.4. The van der Waals surface area contributed by atoms with Gasteiger partial charge < -0.3 is 10.2 Å². The van der Waals surface area contributed by atoms with E-state index in [1.54, 1.807) is 0 Å². The molecule has 0 aromatic rings. The van der Waals surface area contributed by atoms with Gasteiger partial charge in [0.15, 0.2) is 0 Å². The Bertz CT molecular complexity index is 365. The maximum atomic E-state index is 12.4. The average Bonchev–Trinajstić information content (AvgIpc) is 2.64. The van der Waals surface area contributed by atoms with Crippen LogP contribution in [-0.4, -0.2) is 34.8 Å². The number of hydrogen-bond donors (Lipinski definition) is 1. The van der Waals surface area contributed by atoms with Crippen LogP contribution < -0.4 is 5.32 Å². The molecule has 0 spiro atoms. The number of piperazine rings is 1. The molecule has 1 saturated heterocycles. The van der Waals surface area contributed by atoms with Crippen LogP contribution in [0.3, 0.4) is 0 Å². The van der Waals surface area contributed by atoms with Crippen molar-refractivity contribution in [1.29, 1.82) is 0 Å². The van der Waals surface area contributed by atoms with Crippen molar-refractivity contribution in [3.8, 4) is 0 Å². The maximum absolute atomic E-state index is 12.4. The molecule has 18 heavy (non-hydrogen) atoms. The number of carbonyl (C=O) groups is 2. The summed E-state index contributed by atoms with van der Waals surface area (Å²) in [6.45, 7) is 8.26. The van der Waals surface area contributed by atoms with Crippen LogP contribution in [0.25, 0.3) is 0 Å². The van der Waals surface area contributed by atoms with E-state index < -0.39 is 0 Å². The summed E-state index contributed by atoms with van der Waals surface area (Å²) in [7, 11) is 0. The minimum Gasteiger partial charge on any atom is -0.343 e. The molecule has 4 nitrogen and oxygen atoms in total. The smallest absolute Gasteiger partial charge is 0.246 e. The van der Waals surface area contributed by atoms with Crippen LogP contribution in [0.2, 0.25) is 0 Å². The molecule has 102 valence electrons. The van der Waals surface area contributed by atoms with Crippen molar-refractivity contribution >= 4 is 11.8 Å². The summed E-state index contributed by atoms with van der Waals surface area (Å²) in [6, 6.07) is -0.404. The average molecular weight is 252 g/mol. The van der Waals surface area contributed by atoms with Crippen LogP contribution in [0.1, 0.15) is 53.4 Å². The summed E-state index contributed by atoms with van der Waals surface area (Å²) in [4.78, 5) is 26.2. The third-order valence-corrected chi connectivity index (χ3v) is 4.41. The quantitative estimate of drug-likeness (QED) is 0.813. The molecule has 2 amide bonds. The monoisotopic (exact) mass is 252 g/mol. The summed E-state index contributed by atoms with van der Waals surface area (Å²) in [5.74, 6) is 0.0958. The number of nitrogens with one attached hydrogen (secondary N) is 1. The molecule has 1 N–H and O–H groups in total. The molecule has 0 radical (unpaired) electrons. The molecule has 0 aromatic heterocycles. The summed E-state index contributed by atoms with van der Waals surface area (Å²) in [5, 5.41) is 2.81. The Morgan fingerprint density at radius 1 is 1.39 bits per heavy atom. The van der Waals surface area contributed by atoms with Gasteiger partial charge in [-0.2, -0.15) is 0 Å². The van der Waals surface area contributed by atoms with E-state index in [1.807, 2.05) is 18.7 Å². The lowest BCUT2D eigenvalue weighted by Crippen LogP contribution is -2.64. The van der Waals surface area contributed by atoms with Crippen molar-refractivity contribution in [2.24, 2.45) is 5.41 Å². The largest absolute Gasteiger partial charge is 0.343 e. The van der Waals surface area contributed by atoms with Crippen LogP contribution in [0.15, 0.2) is 0 Å². The molecule has 2 rings (SSSR count). The minimum atomic E-state index is -0.322. The second-order valence-corrected chi connectivity index (χ2v) is 6.45. The Hall–Kier alpha value is -1.06. The van der Waals surface area contributed by atoms with Gasteiger partial charge in [-0.15, -0.1) is 0 Å². The van der Waals surface area contributed by atoms with E-state index in [0.717, 1.165) is 19.3 Å². The van der Waals surface area contributed by atoms with Gasteiger partial charge in [0.2, 0.25) is 11.8 Å². The van der Waals surface area contributed by atoms with E-state index >= 15 is 0 Å². The summed E-state index contributed by atoms with van der Waals surface area (Å²) >= 11 is 0. The number of hydrogen-bond acceptors (Lipinski definition) is 2. The van der Waals surface area contributed by atoms with Crippen LogP contribution in [0.5, 0.6) is 0 Å². The van der Waals surface area contributed by atoms with Crippen molar-refractivity contribution in [3.05, 3.63) is 0 Å². The van der Waals surface area contributed by atoms with Crippen molar-refractivity contribution in [3.63, 3.8) is 0 Å². The summed E-state index contributed by atoms with van der Waals surface area (Å²) < 4.78 is 0. The van der Waals surface area contributed by atoms with Crippen LogP contribution >= 0.6 is 0 Å². The molecular weight excluding hydrogens is 228 g/mol. The van der Waals surface area contributed by atoms with Crippen LogP contribution in [0.4, 0.5) is 0 Å². The molecule has 3 atom stereocenters. The molecule has 2 aliphatic rings. The van der Waals surface area contributed by atoms with E-state index in [4.69, 9.17) is 0 Å². The fourth-order valence-corrected chi connectivity index (χ4v) is 3.26. The Balaban J connectivity index is 2.18. The van der Waals surface area contributed by atoms with Gasteiger partial charge in [0, 0.05) is 6.04 Å². The topological polar surface area (TPSA) is 49.4 Å². The molecular formula is C14H24N2O2. The summed E-state index contributed by atoms with van der Waals surface area (Å²) in [5.41, 5.74) is 0.292. The molecule has 1 aliphatic heterocycles. The predicted molar refractivity (Wildman–Crippen MR) is 69.9 cm³/mol. The predicted octanol–water partition coefficient (Wildman–Crippen LogP) is 1.69. The van der Waals surface area contributed by atoms with Crippen LogP contribution in [-0.2, 0) is 9.59 Å². The van der Waals surface area contributed by atoms with E-state index in [0.29, 0.717) is 11.8 Å². The number of carbonyl (C=O) groups excluding carboxylic acids is 2. The van der Waals surface area contributed by atoms with Gasteiger partial charge in [-0.25, -0.2) is 0 Å². The Morgan fingerprint density at radius 2 is 2.06 bits per heavy atom. The highest BCUT2D eigenvalue weighted by Crippen LogP contribution is 2.40. The zero-order chi connectivity index (χ0) is 13.5.